The first-order valence-corrected chi connectivity index (χ1v) is 8.61. The van der Waals surface area contributed by atoms with Crippen molar-refractivity contribution in [3.05, 3.63) is 0 Å². The molecule has 4 heteroatoms. The number of nitrogens with two attached hydrogens (primary N) is 1. The summed E-state index contributed by atoms with van der Waals surface area (Å²) in [6, 6.07) is 0. The van der Waals surface area contributed by atoms with Crippen LogP contribution in [0.15, 0.2) is 0 Å². The number of carbonyl (C=O) groups excluding carboxylic acids is 1. The number of nitrogens with zero attached hydrogens (tertiary/aromatic N) is 1. The second-order valence-electron chi connectivity index (χ2n) is 6.77. The van der Waals surface area contributed by atoms with Gasteiger partial charge in [0.2, 0.25) is 6.41 Å². The largest absolute Gasteiger partial charge is 0.330 e. The molecule has 0 aliphatic heterocycles. The van der Waals surface area contributed by atoms with Gasteiger partial charge in [0.05, 0.1) is 5.60 Å². The van der Waals surface area contributed by atoms with Gasteiger partial charge in [-0.05, 0) is 40.2 Å². The predicted octanol–water partition coefficient (Wildman–Crippen LogP) is 4.03. The molecule has 0 saturated carbocycles. The van der Waals surface area contributed by atoms with Gasteiger partial charge in [-0.3, -0.25) is 9.63 Å². The molecule has 0 heterocycles. The Morgan fingerprint density at radius 2 is 1.29 bits per heavy atom. The van der Waals surface area contributed by atoms with E-state index in [9.17, 15) is 4.79 Å². The van der Waals surface area contributed by atoms with Gasteiger partial charge in [0.1, 0.15) is 0 Å². The summed E-state index contributed by atoms with van der Waals surface area (Å²) in [4.78, 5) is 16.4. The summed E-state index contributed by atoms with van der Waals surface area (Å²) in [5, 5.41) is 1.43. The molecule has 0 atom stereocenters. The Labute approximate surface area is 131 Å². The standard InChI is InChI=1S/C17H36N2O2/c1-17(2,3)21-19(16-20)15-13-11-9-7-5-4-6-8-10-12-14-18/h16H,4-15,18H2,1-3H3. The summed E-state index contributed by atoms with van der Waals surface area (Å²) in [6.45, 7) is 7.39. The van der Waals surface area contributed by atoms with E-state index in [0.29, 0.717) is 6.54 Å². The summed E-state index contributed by atoms with van der Waals surface area (Å²) >= 11 is 0. The minimum Gasteiger partial charge on any atom is -0.330 e. The van der Waals surface area contributed by atoms with Crippen molar-refractivity contribution in [2.75, 3.05) is 13.1 Å². The van der Waals surface area contributed by atoms with Gasteiger partial charge in [0.25, 0.3) is 0 Å². The molecule has 0 bridgehead atoms. The second-order valence-corrected chi connectivity index (χ2v) is 6.77. The van der Waals surface area contributed by atoms with E-state index in [4.69, 9.17) is 10.6 Å². The second kappa shape index (κ2) is 13.1. The molecule has 0 fully saturated rings. The fourth-order valence-electron chi connectivity index (χ4n) is 2.30. The maximum absolute atomic E-state index is 10.9. The van der Waals surface area contributed by atoms with E-state index in [1.165, 1.54) is 62.9 Å². The van der Waals surface area contributed by atoms with Gasteiger partial charge in [-0.25, -0.2) is 5.06 Å². The van der Waals surface area contributed by atoms with Crippen LogP contribution in [0.4, 0.5) is 0 Å². The molecule has 1 amide bonds. The van der Waals surface area contributed by atoms with E-state index in [-0.39, 0.29) is 5.60 Å². The van der Waals surface area contributed by atoms with Gasteiger partial charge in [-0.1, -0.05) is 51.4 Å². The van der Waals surface area contributed by atoms with Crippen LogP contribution in [0.5, 0.6) is 0 Å². The average Bonchev–Trinajstić information content (AvgIpc) is 2.42. The van der Waals surface area contributed by atoms with Crippen molar-refractivity contribution < 1.29 is 9.63 Å². The first-order chi connectivity index (χ1) is 9.99. The first kappa shape index (κ1) is 20.4. The molecule has 0 spiro atoms. The number of amides is 1. The maximum Gasteiger partial charge on any atom is 0.233 e. The van der Waals surface area contributed by atoms with Crippen LogP contribution in [0.3, 0.4) is 0 Å². The van der Waals surface area contributed by atoms with Crippen LogP contribution in [-0.2, 0) is 9.63 Å². The topological polar surface area (TPSA) is 55.6 Å². The van der Waals surface area contributed by atoms with Crippen molar-refractivity contribution in [2.45, 2.75) is 90.6 Å². The fourth-order valence-corrected chi connectivity index (χ4v) is 2.30. The Morgan fingerprint density at radius 1 is 0.857 bits per heavy atom. The summed E-state index contributed by atoms with van der Waals surface area (Å²) in [5.41, 5.74) is 5.17. The smallest absolute Gasteiger partial charge is 0.233 e. The van der Waals surface area contributed by atoms with Gasteiger partial charge in [0, 0.05) is 6.54 Å². The maximum atomic E-state index is 10.9. The fraction of sp³-hybridized carbons (Fsp3) is 0.941. The van der Waals surface area contributed by atoms with Crippen LogP contribution < -0.4 is 5.73 Å². The van der Waals surface area contributed by atoms with E-state index < -0.39 is 0 Å². The summed E-state index contributed by atoms with van der Waals surface area (Å²) in [7, 11) is 0. The Hall–Kier alpha value is -0.610. The number of hydrogen-bond donors (Lipinski definition) is 1. The Balaban J connectivity index is 3.33. The van der Waals surface area contributed by atoms with E-state index >= 15 is 0 Å². The van der Waals surface area contributed by atoms with E-state index in [1.54, 1.807) is 0 Å². The lowest BCUT2D eigenvalue weighted by Gasteiger charge is -2.26. The van der Waals surface area contributed by atoms with Crippen LogP contribution in [0, 0.1) is 0 Å². The lowest BCUT2D eigenvalue weighted by Crippen LogP contribution is -2.33. The number of hydrogen-bond acceptors (Lipinski definition) is 3. The van der Waals surface area contributed by atoms with Crippen LogP contribution >= 0.6 is 0 Å². The molecule has 0 aromatic rings. The molecule has 0 rings (SSSR count). The Kier molecular flexibility index (Phi) is 12.7. The third-order valence-corrected chi connectivity index (χ3v) is 3.34. The molecule has 0 aliphatic carbocycles. The minimum atomic E-state index is -0.301. The quantitative estimate of drug-likeness (QED) is 0.299. The highest BCUT2D eigenvalue weighted by Crippen LogP contribution is 2.12. The van der Waals surface area contributed by atoms with E-state index in [1.807, 2.05) is 20.8 Å². The summed E-state index contributed by atoms with van der Waals surface area (Å²) in [5.74, 6) is 0. The molecule has 0 unspecified atom stereocenters. The zero-order valence-electron chi connectivity index (χ0n) is 14.4. The number of hydroxylamine groups is 2. The summed E-state index contributed by atoms with van der Waals surface area (Å²) < 4.78 is 0. The van der Waals surface area contributed by atoms with Crippen molar-refractivity contribution in [3.63, 3.8) is 0 Å². The molecule has 0 aromatic carbocycles. The molecule has 0 aliphatic rings. The van der Waals surface area contributed by atoms with Crippen LogP contribution in [0.1, 0.15) is 85.0 Å². The van der Waals surface area contributed by atoms with Crippen molar-refractivity contribution in [2.24, 2.45) is 5.73 Å². The molecule has 2 N–H and O–H groups in total. The Bertz CT molecular complexity index is 239. The lowest BCUT2D eigenvalue weighted by molar-refractivity contribution is -0.216. The van der Waals surface area contributed by atoms with Crippen molar-refractivity contribution >= 4 is 6.41 Å². The Morgan fingerprint density at radius 3 is 1.67 bits per heavy atom. The van der Waals surface area contributed by atoms with Crippen LogP contribution in [0.25, 0.3) is 0 Å². The molecule has 0 saturated heterocycles. The monoisotopic (exact) mass is 300 g/mol. The van der Waals surface area contributed by atoms with Gasteiger partial charge in [-0.15, -0.1) is 0 Å². The molecular weight excluding hydrogens is 264 g/mol. The highest BCUT2D eigenvalue weighted by atomic mass is 16.7. The van der Waals surface area contributed by atoms with Gasteiger partial charge >= 0.3 is 0 Å². The predicted molar refractivity (Wildman–Crippen MR) is 88.8 cm³/mol. The first-order valence-electron chi connectivity index (χ1n) is 8.61. The van der Waals surface area contributed by atoms with Crippen molar-refractivity contribution in [1.29, 1.82) is 0 Å². The third-order valence-electron chi connectivity index (χ3n) is 3.34. The third kappa shape index (κ3) is 15.6. The van der Waals surface area contributed by atoms with Crippen LogP contribution in [-0.4, -0.2) is 30.2 Å². The van der Waals surface area contributed by atoms with Crippen LogP contribution in [0.2, 0.25) is 0 Å². The number of rotatable bonds is 14. The minimum absolute atomic E-state index is 0.301. The summed E-state index contributed by atoms with van der Waals surface area (Å²) in [6.07, 6.45) is 13.3. The molecule has 0 aromatic heterocycles. The van der Waals surface area contributed by atoms with Crippen molar-refractivity contribution in [3.8, 4) is 0 Å². The van der Waals surface area contributed by atoms with Gasteiger partial charge < -0.3 is 5.73 Å². The molecular formula is C17H36N2O2. The lowest BCUT2D eigenvalue weighted by atomic mass is 10.1. The average molecular weight is 300 g/mol. The normalized spacial score (nSPS) is 11.6. The molecule has 4 nitrogen and oxygen atoms in total. The highest BCUT2D eigenvalue weighted by molar-refractivity contribution is 5.44. The SMILES string of the molecule is CC(C)(C)ON(C=O)CCCCCCCCCCCCN. The number of carbonyl (C=O) groups is 1. The van der Waals surface area contributed by atoms with E-state index in [2.05, 4.69) is 0 Å². The molecule has 126 valence electrons. The number of unbranched alkanes of at least 4 members (excludes halogenated alkanes) is 9. The molecule has 21 heavy (non-hydrogen) atoms. The zero-order chi connectivity index (χ0) is 16.0. The van der Waals surface area contributed by atoms with Gasteiger partial charge in [0.15, 0.2) is 0 Å². The molecule has 0 radical (unpaired) electrons. The van der Waals surface area contributed by atoms with E-state index in [0.717, 1.165) is 19.4 Å². The highest BCUT2D eigenvalue weighted by Gasteiger charge is 2.15. The van der Waals surface area contributed by atoms with Crippen molar-refractivity contribution in [1.82, 2.24) is 5.06 Å². The van der Waals surface area contributed by atoms with Gasteiger partial charge in [-0.2, -0.15) is 0 Å². The zero-order valence-corrected chi connectivity index (χ0v) is 14.4.